The molecule has 33 heavy (non-hydrogen) atoms. The first-order chi connectivity index (χ1) is 15.7. The zero-order chi connectivity index (χ0) is 23.8. The third-order valence-electron chi connectivity index (χ3n) is 5.36. The Kier molecular flexibility index (Phi) is 6.35. The van der Waals surface area contributed by atoms with E-state index in [0.717, 1.165) is 27.9 Å². The number of benzene rings is 1. The highest BCUT2D eigenvalue weighted by Crippen LogP contribution is 2.37. The van der Waals surface area contributed by atoms with Gasteiger partial charge in [-0.05, 0) is 24.6 Å². The molecule has 4 rings (SSSR count). The minimum Gasteiger partial charge on any atom is -0.494 e. The number of hydrogen-bond donors (Lipinski definition) is 2. The van der Waals surface area contributed by atoms with E-state index in [-0.39, 0.29) is 16.0 Å². The van der Waals surface area contributed by atoms with Crippen LogP contribution < -0.4 is 9.47 Å². The quantitative estimate of drug-likeness (QED) is 0.489. The molecule has 0 saturated carbocycles. The van der Waals surface area contributed by atoms with Gasteiger partial charge in [-0.2, -0.15) is 0 Å². The van der Waals surface area contributed by atoms with Crippen molar-refractivity contribution in [2.45, 2.75) is 23.5 Å². The Balaban J connectivity index is 1.59. The van der Waals surface area contributed by atoms with Gasteiger partial charge in [0.2, 0.25) is 5.88 Å². The second kappa shape index (κ2) is 9.06. The highest BCUT2D eigenvalue weighted by Gasteiger charge is 2.32. The number of sulfone groups is 1. The van der Waals surface area contributed by atoms with Crippen LogP contribution in [0, 0.1) is 5.92 Å². The molecular weight excluding hydrogens is 466 g/mol. The van der Waals surface area contributed by atoms with Gasteiger partial charge in [-0.15, -0.1) is 0 Å². The van der Waals surface area contributed by atoms with E-state index in [1.807, 2.05) is 19.1 Å². The van der Waals surface area contributed by atoms with Gasteiger partial charge in [-0.3, -0.25) is 9.79 Å². The number of methoxy groups -OCH3 is 1. The van der Waals surface area contributed by atoms with Crippen molar-refractivity contribution >= 4 is 43.5 Å². The summed E-state index contributed by atoms with van der Waals surface area (Å²) in [6, 6.07) is 8.37. The maximum atomic E-state index is 11.6. The molecule has 2 atom stereocenters. The van der Waals surface area contributed by atoms with Crippen LogP contribution in [0.5, 0.6) is 17.4 Å². The Hall–Kier alpha value is -3.05. The number of thioether (sulfide) groups is 1. The lowest BCUT2D eigenvalue weighted by Crippen LogP contribution is -2.26. The van der Waals surface area contributed by atoms with Crippen molar-refractivity contribution in [1.82, 2.24) is 9.97 Å². The van der Waals surface area contributed by atoms with E-state index in [0.29, 0.717) is 24.5 Å². The normalized spacial score (nSPS) is 17.1. The number of carboxylic acid groups (broad SMARTS) is 1. The van der Waals surface area contributed by atoms with Crippen molar-refractivity contribution in [1.29, 1.82) is 0 Å². The van der Waals surface area contributed by atoms with Gasteiger partial charge < -0.3 is 19.6 Å². The summed E-state index contributed by atoms with van der Waals surface area (Å²) in [5.41, 5.74) is 1.54. The Morgan fingerprint density at radius 2 is 2.12 bits per heavy atom. The second-order valence-electron chi connectivity index (χ2n) is 7.63. The summed E-state index contributed by atoms with van der Waals surface area (Å²) in [4.78, 5) is 23.6. The zero-order valence-electron chi connectivity index (χ0n) is 18.2. The Morgan fingerprint density at radius 3 is 2.73 bits per heavy atom. The number of aromatic nitrogens is 2. The topological polar surface area (TPSA) is 131 Å². The number of ether oxygens (including phenoxy) is 2. The van der Waals surface area contributed by atoms with Gasteiger partial charge >= 0.3 is 5.97 Å². The van der Waals surface area contributed by atoms with Gasteiger partial charge in [0.25, 0.3) is 0 Å². The minimum atomic E-state index is -3.34. The maximum absolute atomic E-state index is 11.6. The number of aromatic amines is 1. The van der Waals surface area contributed by atoms with Gasteiger partial charge in [0.15, 0.2) is 9.84 Å². The van der Waals surface area contributed by atoms with E-state index in [2.05, 4.69) is 15.0 Å². The number of fused-ring (bicyclic) bond motifs is 1. The number of carboxylic acids is 1. The highest BCUT2D eigenvalue weighted by atomic mass is 32.2. The number of hydrogen-bond acceptors (Lipinski definition) is 8. The molecule has 1 aliphatic heterocycles. The van der Waals surface area contributed by atoms with Crippen molar-refractivity contribution in [3.8, 4) is 17.4 Å². The first-order valence-corrected chi connectivity index (χ1v) is 13.0. The number of nitrogens with one attached hydrogen (secondary N) is 1. The standard InChI is InChI=1S/C22H23N3O6S2/c1-4-15(22(26)27)18-11-24-21(32-18)16-8-12-7-13(9-17(30-2)20(12)25-16)31-19-6-5-14(10-23-19)33(3,28)29/h5-10,15,18,25H,4,11H2,1-3H3,(H,26,27). The number of carbonyl (C=O) groups is 1. The van der Waals surface area contributed by atoms with Crippen LogP contribution in [0.1, 0.15) is 19.0 Å². The molecule has 2 N–H and O–H groups in total. The van der Waals surface area contributed by atoms with Gasteiger partial charge in [0, 0.05) is 35.2 Å². The molecular formula is C22H23N3O6S2. The smallest absolute Gasteiger partial charge is 0.307 e. The van der Waals surface area contributed by atoms with Crippen molar-refractivity contribution in [3.05, 3.63) is 42.2 Å². The summed E-state index contributed by atoms with van der Waals surface area (Å²) < 4.78 is 34.6. The average molecular weight is 490 g/mol. The molecule has 3 aromatic rings. The first-order valence-electron chi connectivity index (χ1n) is 10.2. The molecule has 0 bridgehead atoms. The van der Waals surface area contributed by atoms with Crippen LogP contribution in [0.2, 0.25) is 0 Å². The molecule has 0 aliphatic carbocycles. The molecule has 9 nitrogen and oxygen atoms in total. The van der Waals surface area contributed by atoms with E-state index in [9.17, 15) is 18.3 Å². The molecule has 0 amide bonds. The van der Waals surface area contributed by atoms with Gasteiger partial charge in [-0.25, -0.2) is 13.4 Å². The molecule has 1 aliphatic rings. The van der Waals surface area contributed by atoms with Gasteiger partial charge in [0.05, 0.1) is 35.7 Å². The molecule has 1 aromatic carbocycles. The molecule has 0 spiro atoms. The lowest BCUT2D eigenvalue weighted by molar-refractivity contribution is -0.141. The zero-order valence-corrected chi connectivity index (χ0v) is 19.9. The van der Waals surface area contributed by atoms with Gasteiger partial charge in [0.1, 0.15) is 16.5 Å². The van der Waals surface area contributed by atoms with Crippen molar-refractivity contribution < 1.29 is 27.8 Å². The van der Waals surface area contributed by atoms with Crippen LogP contribution in [0.25, 0.3) is 10.9 Å². The monoisotopic (exact) mass is 489 g/mol. The predicted molar refractivity (Wildman–Crippen MR) is 126 cm³/mol. The van der Waals surface area contributed by atoms with Crippen LogP contribution in [0.3, 0.4) is 0 Å². The summed E-state index contributed by atoms with van der Waals surface area (Å²) >= 11 is 1.47. The summed E-state index contributed by atoms with van der Waals surface area (Å²) in [6.45, 7) is 2.33. The molecule has 11 heteroatoms. The lowest BCUT2D eigenvalue weighted by atomic mass is 10.0. The molecule has 0 fully saturated rings. The maximum Gasteiger partial charge on any atom is 0.307 e. The SMILES string of the molecule is CCC(C(=O)O)C1CN=C(c2cc3cc(Oc4ccc(S(C)(=O)=O)cn4)cc(OC)c3[nH]2)S1. The number of aliphatic carboxylic acids is 1. The molecule has 2 unspecified atom stereocenters. The fourth-order valence-corrected chi connectivity index (χ4v) is 5.49. The third kappa shape index (κ3) is 4.83. The van der Waals surface area contributed by atoms with Crippen LogP contribution in [-0.4, -0.2) is 59.7 Å². The Labute approximate surface area is 195 Å². The van der Waals surface area contributed by atoms with E-state index >= 15 is 0 Å². The van der Waals surface area contributed by atoms with Gasteiger partial charge in [-0.1, -0.05) is 18.7 Å². The lowest BCUT2D eigenvalue weighted by Gasteiger charge is -2.15. The first kappa shape index (κ1) is 23.1. The van der Waals surface area contributed by atoms with E-state index < -0.39 is 21.7 Å². The number of nitrogens with zero attached hydrogens (tertiary/aromatic N) is 2. The Morgan fingerprint density at radius 1 is 1.33 bits per heavy atom. The third-order valence-corrected chi connectivity index (χ3v) is 7.81. The summed E-state index contributed by atoms with van der Waals surface area (Å²) in [6.07, 6.45) is 2.92. The molecule has 174 valence electrons. The Bertz CT molecular complexity index is 1330. The number of pyridine rings is 1. The van der Waals surface area contributed by atoms with Crippen LogP contribution in [0.4, 0.5) is 0 Å². The van der Waals surface area contributed by atoms with Crippen molar-refractivity contribution in [2.75, 3.05) is 19.9 Å². The van der Waals surface area contributed by atoms with Crippen LogP contribution >= 0.6 is 11.8 Å². The molecule has 0 radical (unpaired) electrons. The van der Waals surface area contributed by atoms with E-state index in [1.165, 1.54) is 30.1 Å². The van der Waals surface area contributed by atoms with Crippen LogP contribution in [0.15, 0.2) is 46.4 Å². The molecule has 2 aromatic heterocycles. The number of aliphatic imine (C=N–C) groups is 1. The predicted octanol–water partition coefficient (Wildman–Crippen LogP) is 3.74. The van der Waals surface area contributed by atoms with E-state index in [1.54, 1.807) is 13.2 Å². The number of H-pyrrole nitrogens is 1. The summed E-state index contributed by atoms with van der Waals surface area (Å²) in [5, 5.41) is 10.9. The average Bonchev–Trinajstić information content (AvgIpc) is 3.40. The minimum absolute atomic E-state index is 0.101. The molecule has 0 saturated heterocycles. The molecule has 3 heterocycles. The fraction of sp³-hybridized carbons (Fsp3) is 0.318. The fourth-order valence-electron chi connectivity index (χ4n) is 3.63. The largest absolute Gasteiger partial charge is 0.494 e. The highest BCUT2D eigenvalue weighted by molar-refractivity contribution is 8.15. The number of rotatable bonds is 8. The summed E-state index contributed by atoms with van der Waals surface area (Å²) in [7, 11) is -1.79. The van der Waals surface area contributed by atoms with Crippen molar-refractivity contribution in [3.63, 3.8) is 0 Å². The summed E-state index contributed by atoms with van der Waals surface area (Å²) in [5.74, 6) is 0.0258. The van der Waals surface area contributed by atoms with E-state index in [4.69, 9.17) is 9.47 Å². The van der Waals surface area contributed by atoms with Crippen LogP contribution in [-0.2, 0) is 14.6 Å². The second-order valence-corrected chi connectivity index (χ2v) is 10.9. The van der Waals surface area contributed by atoms with Crippen molar-refractivity contribution in [2.24, 2.45) is 10.9 Å².